The molecule has 1 aromatic heterocycles. The summed E-state index contributed by atoms with van der Waals surface area (Å²) in [5.74, 6) is -0.247. The van der Waals surface area contributed by atoms with Gasteiger partial charge in [-0.2, -0.15) is 5.10 Å². The van der Waals surface area contributed by atoms with Gasteiger partial charge >= 0.3 is 0 Å². The van der Waals surface area contributed by atoms with E-state index in [4.69, 9.17) is 5.73 Å². The molecular weight excluding hydrogens is 304 g/mol. The van der Waals surface area contributed by atoms with Gasteiger partial charge in [-0.15, -0.1) is 12.4 Å². The van der Waals surface area contributed by atoms with E-state index in [-0.39, 0.29) is 41.7 Å². The van der Waals surface area contributed by atoms with Gasteiger partial charge in [0.2, 0.25) is 0 Å². The van der Waals surface area contributed by atoms with Crippen molar-refractivity contribution < 1.29 is 4.79 Å². The smallest absolute Gasteiger partial charge is 0.272 e. The number of carbonyl (C=O) groups is 1. The Labute approximate surface area is 133 Å². The maximum atomic E-state index is 12.4. The van der Waals surface area contributed by atoms with Crippen molar-refractivity contribution in [1.82, 2.24) is 15.5 Å². The lowest BCUT2D eigenvalue weighted by atomic mass is 9.92. The average molecular weight is 323 g/mol. The average Bonchev–Trinajstić information content (AvgIpc) is 2.50. The predicted molar refractivity (Wildman–Crippen MR) is 87.3 cm³/mol. The number of carbonyl (C=O) groups excluding carboxylic acids is 1. The van der Waals surface area contributed by atoms with Crippen LogP contribution in [0.15, 0.2) is 29.1 Å². The first-order valence-electron chi connectivity index (χ1n) is 7.19. The normalized spacial score (nSPS) is 21.1. The molecule has 0 unspecified atom stereocenters. The van der Waals surface area contributed by atoms with Crippen LogP contribution in [0.3, 0.4) is 0 Å². The number of halogens is 1. The molecule has 7 heteroatoms. The number of aromatic amines is 1. The minimum absolute atomic E-state index is 0. The number of rotatable bonds is 2. The summed E-state index contributed by atoms with van der Waals surface area (Å²) in [6.45, 7) is 0. The Balaban J connectivity index is 0.00000176. The van der Waals surface area contributed by atoms with E-state index in [1.807, 2.05) is 0 Å². The second-order valence-electron chi connectivity index (χ2n) is 5.53. The van der Waals surface area contributed by atoms with E-state index in [0.29, 0.717) is 10.8 Å². The lowest BCUT2D eigenvalue weighted by Gasteiger charge is -2.26. The number of hydrogen-bond acceptors (Lipinski definition) is 4. The number of benzene rings is 1. The highest BCUT2D eigenvalue weighted by atomic mass is 35.5. The summed E-state index contributed by atoms with van der Waals surface area (Å²) in [7, 11) is 0. The number of nitrogens with zero attached hydrogens (tertiary/aromatic N) is 1. The van der Waals surface area contributed by atoms with Gasteiger partial charge in [0.25, 0.3) is 11.5 Å². The van der Waals surface area contributed by atoms with Gasteiger partial charge in [-0.1, -0.05) is 18.2 Å². The number of amides is 1. The minimum Gasteiger partial charge on any atom is -0.348 e. The lowest BCUT2D eigenvalue weighted by molar-refractivity contribution is 0.0921. The third-order valence-corrected chi connectivity index (χ3v) is 4.02. The Kier molecular flexibility index (Phi) is 5.15. The Hall–Kier alpha value is -1.92. The van der Waals surface area contributed by atoms with Gasteiger partial charge in [-0.25, -0.2) is 5.10 Å². The van der Waals surface area contributed by atoms with E-state index in [1.165, 1.54) is 0 Å². The SMILES string of the molecule is Cl.NC1CCC(NC(=O)c2n[nH]c(=O)c3ccccc23)CC1. The largest absolute Gasteiger partial charge is 0.348 e. The molecular formula is C15H19ClN4O2. The molecule has 1 aromatic carbocycles. The van der Waals surface area contributed by atoms with Crippen LogP contribution in [0.4, 0.5) is 0 Å². The van der Waals surface area contributed by atoms with Crippen molar-refractivity contribution >= 4 is 29.1 Å². The van der Waals surface area contributed by atoms with Crippen LogP contribution in [-0.2, 0) is 0 Å². The second-order valence-corrected chi connectivity index (χ2v) is 5.53. The van der Waals surface area contributed by atoms with Crippen LogP contribution in [0.5, 0.6) is 0 Å². The summed E-state index contributed by atoms with van der Waals surface area (Å²) in [5, 5.41) is 10.3. The van der Waals surface area contributed by atoms with E-state index in [2.05, 4.69) is 15.5 Å². The lowest BCUT2D eigenvalue weighted by Crippen LogP contribution is -2.41. The van der Waals surface area contributed by atoms with E-state index in [0.717, 1.165) is 25.7 Å². The van der Waals surface area contributed by atoms with Crippen LogP contribution >= 0.6 is 12.4 Å². The van der Waals surface area contributed by atoms with Crippen LogP contribution in [-0.4, -0.2) is 28.2 Å². The molecule has 6 nitrogen and oxygen atoms in total. The van der Waals surface area contributed by atoms with Crippen LogP contribution in [0.2, 0.25) is 0 Å². The molecule has 0 saturated heterocycles. The van der Waals surface area contributed by atoms with Crippen LogP contribution in [0.1, 0.15) is 36.2 Å². The van der Waals surface area contributed by atoms with Gasteiger partial charge in [-0.05, 0) is 31.7 Å². The zero-order valence-electron chi connectivity index (χ0n) is 12.0. The summed E-state index contributed by atoms with van der Waals surface area (Å²) >= 11 is 0. The molecule has 1 heterocycles. The quantitative estimate of drug-likeness (QED) is 0.776. The summed E-state index contributed by atoms with van der Waals surface area (Å²) < 4.78 is 0. The first kappa shape index (κ1) is 16.5. The fourth-order valence-electron chi connectivity index (χ4n) is 2.81. The molecule has 22 heavy (non-hydrogen) atoms. The molecule has 1 amide bonds. The summed E-state index contributed by atoms with van der Waals surface area (Å²) in [4.78, 5) is 24.1. The number of aromatic nitrogens is 2. The number of H-pyrrole nitrogens is 1. The molecule has 1 fully saturated rings. The van der Waals surface area contributed by atoms with Gasteiger partial charge < -0.3 is 11.1 Å². The standard InChI is InChI=1S/C15H18N4O2.ClH/c16-9-5-7-10(8-6-9)17-15(21)13-11-3-1-2-4-12(11)14(20)19-18-13;/h1-4,9-10H,5-8,16H2,(H,17,21)(H,19,20);1H. The molecule has 1 aliphatic rings. The zero-order valence-corrected chi connectivity index (χ0v) is 12.9. The molecule has 0 bridgehead atoms. The first-order valence-corrected chi connectivity index (χ1v) is 7.19. The Morgan fingerprint density at radius 1 is 1.18 bits per heavy atom. The second kappa shape index (κ2) is 6.89. The molecule has 0 atom stereocenters. The van der Waals surface area contributed by atoms with E-state index >= 15 is 0 Å². The summed E-state index contributed by atoms with van der Waals surface area (Å²) in [6.07, 6.45) is 3.61. The van der Waals surface area contributed by atoms with E-state index < -0.39 is 0 Å². The topological polar surface area (TPSA) is 101 Å². The zero-order chi connectivity index (χ0) is 14.8. The van der Waals surface area contributed by atoms with Gasteiger partial charge in [-0.3, -0.25) is 9.59 Å². The molecule has 0 spiro atoms. The molecule has 3 rings (SSSR count). The monoisotopic (exact) mass is 322 g/mol. The number of hydrogen-bond donors (Lipinski definition) is 3. The maximum Gasteiger partial charge on any atom is 0.272 e. The van der Waals surface area contributed by atoms with Crippen molar-refractivity contribution in [3.8, 4) is 0 Å². The van der Waals surface area contributed by atoms with E-state index in [1.54, 1.807) is 24.3 Å². The maximum absolute atomic E-state index is 12.4. The van der Waals surface area contributed by atoms with Crippen molar-refractivity contribution in [2.24, 2.45) is 5.73 Å². The molecule has 0 radical (unpaired) electrons. The fraction of sp³-hybridized carbons (Fsp3) is 0.400. The first-order chi connectivity index (χ1) is 10.1. The number of fused-ring (bicyclic) bond motifs is 1. The van der Waals surface area contributed by atoms with Gasteiger partial charge in [0.1, 0.15) is 0 Å². The Morgan fingerprint density at radius 2 is 1.82 bits per heavy atom. The van der Waals surface area contributed by atoms with Crippen molar-refractivity contribution in [2.45, 2.75) is 37.8 Å². The van der Waals surface area contributed by atoms with Crippen LogP contribution in [0.25, 0.3) is 10.8 Å². The van der Waals surface area contributed by atoms with Crippen molar-refractivity contribution in [1.29, 1.82) is 0 Å². The summed E-state index contributed by atoms with van der Waals surface area (Å²) in [5.41, 5.74) is 5.84. The Morgan fingerprint density at radius 3 is 2.50 bits per heavy atom. The Bertz CT molecular complexity index is 723. The molecule has 1 aliphatic carbocycles. The third kappa shape index (κ3) is 3.28. The fourth-order valence-corrected chi connectivity index (χ4v) is 2.81. The predicted octanol–water partition coefficient (Wildman–Crippen LogP) is 1.34. The third-order valence-electron chi connectivity index (χ3n) is 4.02. The van der Waals surface area contributed by atoms with Crippen molar-refractivity contribution in [3.05, 3.63) is 40.3 Å². The molecule has 4 N–H and O–H groups in total. The molecule has 118 valence electrons. The van der Waals surface area contributed by atoms with Crippen molar-refractivity contribution in [3.63, 3.8) is 0 Å². The molecule has 2 aromatic rings. The number of nitrogens with one attached hydrogen (secondary N) is 2. The highest BCUT2D eigenvalue weighted by Crippen LogP contribution is 2.18. The number of nitrogens with two attached hydrogens (primary N) is 1. The highest BCUT2D eigenvalue weighted by molar-refractivity contribution is 6.04. The van der Waals surface area contributed by atoms with E-state index in [9.17, 15) is 9.59 Å². The highest BCUT2D eigenvalue weighted by Gasteiger charge is 2.22. The van der Waals surface area contributed by atoms with Crippen molar-refractivity contribution in [2.75, 3.05) is 0 Å². The molecule has 0 aliphatic heterocycles. The van der Waals surface area contributed by atoms with Gasteiger partial charge in [0.05, 0.1) is 5.39 Å². The minimum atomic E-state index is -0.286. The molecule has 1 saturated carbocycles. The van der Waals surface area contributed by atoms with Gasteiger partial charge in [0, 0.05) is 17.5 Å². The van der Waals surface area contributed by atoms with Gasteiger partial charge in [0.15, 0.2) is 5.69 Å². The van der Waals surface area contributed by atoms with Crippen LogP contribution < -0.4 is 16.6 Å². The van der Waals surface area contributed by atoms with Crippen LogP contribution in [0, 0.1) is 0 Å². The summed E-state index contributed by atoms with van der Waals surface area (Å²) in [6, 6.07) is 7.35.